The lowest BCUT2D eigenvalue weighted by Gasteiger charge is -2.36. The number of rotatable bonds is 2. The maximum atomic E-state index is 13.9. The lowest BCUT2D eigenvalue weighted by atomic mass is 10.1. The zero-order valence-corrected chi connectivity index (χ0v) is 14.4. The third-order valence-electron chi connectivity index (χ3n) is 4.99. The third kappa shape index (κ3) is 2.81. The molecule has 1 fully saturated rings. The lowest BCUT2D eigenvalue weighted by molar-refractivity contribution is 0.0741. The number of halogens is 2. The smallest absolute Gasteiger partial charge is 0.270 e. The first kappa shape index (κ1) is 16.6. The van der Waals surface area contributed by atoms with Crippen LogP contribution in [0.4, 0.5) is 14.5 Å². The summed E-state index contributed by atoms with van der Waals surface area (Å²) in [6.45, 7) is 3.98. The molecule has 1 aromatic heterocycles. The second-order valence-corrected chi connectivity index (χ2v) is 6.55. The number of aromatic nitrogens is 1. The number of aromatic amines is 1. The molecule has 0 spiro atoms. The van der Waals surface area contributed by atoms with Gasteiger partial charge in [-0.05, 0) is 42.8 Å². The van der Waals surface area contributed by atoms with Gasteiger partial charge < -0.3 is 14.8 Å². The summed E-state index contributed by atoms with van der Waals surface area (Å²) >= 11 is 0. The van der Waals surface area contributed by atoms with Crippen molar-refractivity contribution in [1.29, 1.82) is 0 Å². The van der Waals surface area contributed by atoms with Crippen LogP contribution >= 0.6 is 0 Å². The van der Waals surface area contributed by atoms with Crippen LogP contribution in [0.25, 0.3) is 10.9 Å². The Morgan fingerprint density at radius 2 is 1.77 bits per heavy atom. The number of carbonyl (C=O) groups excluding carboxylic acids is 1. The average molecular weight is 355 g/mol. The number of fused-ring (bicyclic) bond motifs is 1. The Morgan fingerprint density at radius 1 is 1.04 bits per heavy atom. The first-order valence-electron chi connectivity index (χ1n) is 8.61. The topological polar surface area (TPSA) is 39.3 Å². The molecule has 134 valence electrons. The molecular weight excluding hydrogens is 336 g/mol. The van der Waals surface area contributed by atoms with Gasteiger partial charge in [0.15, 0.2) is 0 Å². The van der Waals surface area contributed by atoms with Crippen molar-refractivity contribution in [2.75, 3.05) is 31.1 Å². The van der Waals surface area contributed by atoms with Crippen LogP contribution in [0.15, 0.2) is 42.5 Å². The largest absolute Gasteiger partial charge is 0.366 e. The number of H-pyrrole nitrogens is 1. The Kier molecular flexibility index (Phi) is 4.11. The normalized spacial score (nSPS) is 14.9. The molecule has 1 aliphatic heterocycles. The summed E-state index contributed by atoms with van der Waals surface area (Å²) in [7, 11) is 0. The Morgan fingerprint density at radius 3 is 2.50 bits per heavy atom. The molecule has 6 heteroatoms. The Hall–Kier alpha value is -2.89. The molecule has 3 aromatic rings. The standard InChI is InChI=1S/C20H19F2N3O/c1-13-15-12-14(21)6-7-17(15)23-19(13)20(26)25-10-8-24(9-11-25)18-5-3-2-4-16(18)22/h2-7,12,23H,8-11H2,1H3. The van der Waals surface area contributed by atoms with Gasteiger partial charge in [0.05, 0.1) is 5.69 Å². The summed E-state index contributed by atoms with van der Waals surface area (Å²) in [5.41, 5.74) is 2.56. The molecule has 4 rings (SSSR count). The number of hydrogen-bond acceptors (Lipinski definition) is 2. The molecular formula is C20H19F2N3O. The van der Waals surface area contributed by atoms with Crippen molar-refractivity contribution < 1.29 is 13.6 Å². The number of nitrogens with zero attached hydrogens (tertiary/aromatic N) is 2. The summed E-state index contributed by atoms with van der Waals surface area (Å²) in [6.07, 6.45) is 0. The van der Waals surface area contributed by atoms with Gasteiger partial charge >= 0.3 is 0 Å². The first-order chi connectivity index (χ1) is 12.5. The molecule has 0 bridgehead atoms. The Bertz CT molecular complexity index is 974. The molecule has 1 amide bonds. The van der Waals surface area contributed by atoms with E-state index in [9.17, 15) is 13.6 Å². The Labute approximate surface area is 150 Å². The van der Waals surface area contributed by atoms with Crippen molar-refractivity contribution in [3.8, 4) is 0 Å². The second kappa shape index (κ2) is 6.44. The zero-order chi connectivity index (χ0) is 18.3. The molecule has 0 radical (unpaired) electrons. The first-order valence-corrected chi connectivity index (χ1v) is 8.61. The van der Waals surface area contributed by atoms with Gasteiger partial charge in [0.2, 0.25) is 0 Å². The average Bonchev–Trinajstić information content (AvgIpc) is 2.98. The highest BCUT2D eigenvalue weighted by Crippen LogP contribution is 2.25. The highest BCUT2D eigenvalue weighted by Gasteiger charge is 2.26. The lowest BCUT2D eigenvalue weighted by Crippen LogP contribution is -2.49. The molecule has 0 aliphatic carbocycles. The number of hydrogen-bond donors (Lipinski definition) is 1. The van der Waals surface area contributed by atoms with E-state index in [1.165, 1.54) is 18.2 Å². The number of benzene rings is 2. The van der Waals surface area contributed by atoms with Crippen LogP contribution in [0.3, 0.4) is 0 Å². The highest BCUT2D eigenvalue weighted by molar-refractivity contribution is 6.01. The van der Waals surface area contributed by atoms with E-state index in [4.69, 9.17) is 0 Å². The summed E-state index contributed by atoms with van der Waals surface area (Å²) in [6, 6.07) is 11.1. The number of piperazine rings is 1. The van der Waals surface area contributed by atoms with Crippen LogP contribution < -0.4 is 4.90 Å². The van der Waals surface area contributed by atoms with Crippen molar-refractivity contribution >= 4 is 22.5 Å². The maximum Gasteiger partial charge on any atom is 0.270 e. The van der Waals surface area contributed by atoms with Crippen LogP contribution in [0.1, 0.15) is 16.1 Å². The van der Waals surface area contributed by atoms with Crippen molar-refractivity contribution in [2.24, 2.45) is 0 Å². The van der Waals surface area contributed by atoms with E-state index >= 15 is 0 Å². The zero-order valence-electron chi connectivity index (χ0n) is 14.4. The second-order valence-electron chi connectivity index (χ2n) is 6.55. The predicted molar refractivity (Wildman–Crippen MR) is 97.5 cm³/mol. The summed E-state index contributed by atoms with van der Waals surface area (Å²) < 4.78 is 27.4. The van der Waals surface area contributed by atoms with Gasteiger partial charge in [0, 0.05) is 37.1 Å². The van der Waals surface area contributed by atoms with Crippen molar-refractivity contribution in [3.63, 3.8) is 0 Å². The molecule has 26 heavy (non-hydrogen) atoms. The van der Waals surface area contributed by atoms with E-state index < -0.39 is 0 Å². The van der Waals surface area contributed by atoms with Crippen molar-refractivity contribution in [1.82, 2.24) is 9.88 Å². The third-order valence-corrected chi connectivity index (χ3v) is 4.99. The fourth-order valence-electron chi connectivity index (χ4n) is 3.53. The summed E-state index contributed by atoms with van der Waals surface area (Å²) in [4.78, 5) is 19.7. The van der Waals surface area contributed by atoms with Crippen LogP contribution in [-0.4, -0.2) is 42.0 Å². The molecule has 4 nitrogen and oxygen atoms in total. The molecule has 2 aromatic carbocycles. The van der Waals surface area contributed by atoms with Crippen LogP contribution in [0, 0.1) is 18.6 Å². The number of aryl methyl sites for hydroxylation is 1. The molecule has 2 heterocycles. The van der Waals surface area contributed by atoms with Gasteiger partial charge in [-0.2, -0.15) is 0 Å². The molecule has 1 N–H and O–H groups in total. The van der Waals surface area contributed by atoms with Crippen LogP contribution in [0.5, 0.6) is 0 Å². The number of carbonyl (C=O) groups is 1. The fourth-order valence-corrected chi connectivity index (χ4v) is 3.53. The monoisotopic (exact) mass is 355 g/mol. The minimum absolute atomic E-state index is 0.104. The molecule has 1 aliphatic rings. The Balaban J connectivity index is 1.52. The highest BCUT2D eigenvalue weighted by atomic mass is 19.1. The quantitative estimate of drug-likeness (QED) is 0.761. The fraction of sp³-hybridized carbons (Fsp3) is 0.250. The number of para-hydroxylation sites is 1. The van der Waals surface area contributed by atoms with Gasteiger partial charge in [0.1, 0.15) is 17.3 Å². The van der Waals surface area contributed by atoms with Gasteiger partial charge in [-0.1, -0.05) is 12.1 Å². The SMILES string of the molecule is Cc1c(C(=O)N2CCN(c3ccccc3F)CC2)[nH]c2ccc(F)cc12. The number of nitrogens with one attached hydrogen (secondary N) is 1. The maximum absolute atomic E-state index is 13.9. The van der Waals surface area contributed by atoms with Crippen molar-refractivity contribution in [2.45, 2.75) is 6.92 Å². The number of anilines is 1. The molecule has 0 atom stereocenters. The summed E-state index contributed by atoms with van der Waals surface area (Å²) in [5.74, 6) is -0.676. The van der Waals surface area contributed by atoms with Gasteiger partial charge in [-0.25, -0.2) is 8.78 Å². The molecule has 1 saturated heterocycles. The van der Waals surface area contributed by atoms with Crippen LogP contribution in [-0.2, 0) is 0 Å². The minimum atomic E-state index is -0.322. The van der Waals surface area contributed by atoms with Crippen molar-refractivity contribution in [3.05, 3.63) is 65.4 Å². The van der Waals surface area contributed by atoms with E-state index in [2.05, 4.69) is 4.98 Å². The minimum Gasteiger partial charge on any atom is -0.366 e. The van der Waals surface area contributed by atoms with E-state index in [-0.39, 0.29) is 17.5 Å². The van der Waals surface area contributed by atoms with E-state index in [1.54, 1.807) is 23.1 Å². The van der Waals surface area contributed by atoms with Gasteiger partial charge in [0.25, 0.3) is 5.91 Å². The molecule has 0 unspecified atom stereocenters. The van der Waals surface area contributed by atoms with E-state index in [0.29, 0.717) is 37.6 Å². The molecule has 0 saturated carbocycles. The predicted octanol–water partition coefficient (Wildman–Crippen LogP) is 3.72. The van der Waals surface area contributed by atoms with E-state index in [0.717, 1.165) is 16.5 Å². The summed E-state index contributed by atoms with van der Waals surface area (Å²) in [5, 5.41) is 0.721. The van der Waals surface area contributed by atoms with Crippen LogP contribution in [0.2, 0.25) is 0 Å². The number of amides is 1. The van der Waals surface area contributed by atoms with Gasteiger partial charge in [-0.3, -0.25) is 4.79 Å². The van der Waals surface area contributed by atoms with Gasteiger partial charge in [-0.15, -0.1) is 0 Å². The van der Waals surface area contributed by atoms with E-state index in [1.807, 2.05) is 17.9 Å².